The molecule has 0 aliphatic heterocycles. The van der Waals surface area contributed by atoms with E-state index in [1.165, 1.54) is 0 Å². The van der Waals surface area contributed by atoms with E-state index in [2.05, 4.69) is 0 Å². The molecule has 0 saturated heterocycles. The van der Waals surface area contributed by atoms with Crippen LogP contribution in [0.1, 0.15) is 26.2 Å². The molecule has 12 heavy (non-hydrogen) atoms. The fourth-order valence-corrected chi connectivity index (χ4v) is 2.01. The van der Waals surface area contributed by atoms with E-state index in [1.807, 2.05) is 6.92 Å². The molecule has 1 rings (SSSR count). The first kappa shape index (κ1) is 9.65. The number of halogens is 1. The maximum Gasteiger partial charge on any atom is 0.506 e. The van der Waals surface area contributed by atoms with E-state index >= 15 is 0 Å². The first-order valence-corrected chi connectivity index (χ1v) is 4.57. The van der Waals surface area contributed by atoms with Gasteiger partial charge in [0, 0.05) is 5.38 Å². The molecule has 0 amide bonds. The summed E-state index contributed by atoms with van der Waals surface area (Å²) in [6.07, 6.45) is 1.11. The van der Waals surface area contributed by atoms with Crippen molar-refractivity contribution in [1.29, 1.82) is 0 Å². The Morgan fingerprint density at radius 3 is 2.75 bits per heavy atom. The van der Waals surface area contributed by atoms with Crippen molar-refractivity contribution in [3.8, 4) is 0 Å². The van der Waals surface area contributed by atoms with Crippen molar-refractivity contribution in [2.75, 3.05) is 0 Å². The minimum absolute atomic E-state index is 0.155. The first-order chi connectivity index (χ1) is 5.59. The second-order valence-electron chi connectivity index (χ2n) is 3.31. The summed E-state index contributed by atoms with van der Waals surface area (Å²) in [7, 11) is 0. The van der Waals surface area contributed by atoms with Crippen LogP contribution < -0.4 is 0 Å². The number of hydrogen-bond acceptors (Lipinski definition) is 2. The highest BCUT2D eigenvalue weighted by molar-refractivity contribution is 6.20. The summed E-state index contributed by atoms with van der Waals surface area (Å²) in [5.41, 5.74) is 0. The summed E-state index contributed by atoms with van der Waals surface area (Å²) >= 11 is 5.91. The Hall–Kier alpha value is -0.440. The molecule has 3 unspecified atom stereocenters. The van der Waals surface area contributed by atoms with Gasteiger partial charge in [-0.15, -0.1) is 11.6 Å². The van der Waals surface area contributed by atoms with Crippen LogP contribution in [-0.2, 0) is 4.74 Å². The zero-order valence-corrected chi connectivity index (χ0v) is 7.75. The van der Waals surface area contributed by atoms with Crippen molar-refractivity contribution >= 4 is 17.8 Å². The lowest BCUT2D eigenvalue weighted by molar-refractivity contribution is 0.0119. The van der Waals surface area contributed by atoms with Crippen molar-refractivity contribution in [2.24, 2.45) is 5.92 Å². The molecular weight excluding hydrogens is 180 g/mol. The van der Waals surface area contributed by atoms with Crippen LogP contribution in [-0.4, -0.2) is 22.7 Å². The van der Waals surface area contributed by atoms with Gasteiger partial charge in [0.05, 0.1) is 0 Å². The van der Waals surface area contributed by atoms with E-state index in [1.54, 1.807) is 0 Å². The topological polar surface area (TPSA) is 46.5 Å². The van der Waals surface area contributed by atoms with E-state index in [9.17, 15) is 4.79 Å². The van der Waals surface area contributed by atoms with Crippen LogP contribution in [0.5, 0.6) is 0 Å². The zero-order chi connectivity index (χ0) is 9.14. The Morgan fingerprint density at radius 1 is 1.58 bits per heavy atom. The molecule has 0 aromatic heterocycles. The van der Waals surface area contributed by atoms with Gasteiger partial charge in [0.25, 0.3) is 0 Å². The number of hydrogen-bond donors (Lipinski definition) is 1. The van der Waals surface area contributed by atoms with Crippen molar-refractivity contribution in [1.82, 2.24) is 0 Å². The second kappa shape index (κ2) is 3.99. The van der Waals surface area contributed by atoms with Gasteiger partial charge in [0.2, 0.25) is 0 Å². The van der Waals surface area contributed by atoms with Gasteiger partial charge in [-0.1, -0.05) is 6.92 Å². The highest BCUT2D eigenvalue weighted by Gasteiger charge is 2.28. The summed E-state index contributed by atoms with van der Waals surface area (Å²) in [5, 5.41) is 8.58. The van der Waals surface area contributed by atoms with Crippen LogP contribution >= 0.6 is 11.6 Å². The Morgan fingerprint density at radius 2 is 2.25 bits per heavy atom. The standard InChI is InChI=1S/C8H13ClO3/c1-5-4-6(9)2-3-7(5)12-8(10)11/h5-7H,2-4H2,1H3,(H,10,11). The molecule has 0 aromatic rings. The lowest BCUT2D eigenvalue weighted by Crippen LogP contribution is -2.31. The predicted molar refractivity (Wildman–Crippen MR) is 45.6 cm³/mol. The molecule has 0 radical (unpaired) electrons. The highest BCUT2D eigenvalue weighted by Crippen LogP contribution is 2.29. The molecule has 0 spiro atoms. The Kier molecular flexibility index (Phi) is 3.20. The van der Waals surface area contributed by atoms with E-state index in [4.69, 9.17) is 21.4 Å². The van der Waals surface area contributed by atoms with E-state index in [-0.39, 0.29) is 17.4 Å². The summed E-state index contributed by atoms with van der Waals surface area (Å²) in [6, 6.07) is 0. The van der Waals surface area contributed by atoms with Gasteiger partial charge in [-0.3, -0.25) is 0 Å². The zero-order valence-electron chi connectivity index (χ0n) is 7.00. The molecule has 1 aliphatic carbocycles. The number of ether oxygens (including phenoxy) is 1. The van der Waals surface area contributed by atoms with Crippen molar-refractivity contribution in [2.45, 2.75) is 37.7 Å². The molecule has 70 valence electrons. The summed E-state index contributed by atoms with van der Waals surface area (Å²) in [5.74, 6) is 0.248. The van der Waals surface area contributed by atoms with Crippen LogP contribution in [0.15, 0.2) is 0 Å². The normalized spacial score (nSPS) is 36.0. The Labute approximate surface area is 76.7 Å². The largest absolute Gasteiger partial charge is 0.506 e. The maximum atomic E-state index is 10.2. The van der Waals surface area contributed by atoms with Gasteiger partial charge in [0.1, 0.15) is 6.10 Å². The third kappa shape index (κ3) is 2.55. The number of rotatable bonds is 1. The van der Waals surface area contributed by atoms with Crippen molar-refractivity contribution in [3.05, 3.63) is 0 Å². The lowest BCUT2D eigenvalue weighted by atomic mass is 9.87. The van der Waals surface area contributed by atoms with Gasteiger partial charge >= 0.3 is 6.16 Å². The lowest BCUT2D eigenvalue weighted by Gasteiger charge is -2.29. The van der Waals surface area contributed by atoms with Crippen LogP contribution in [0.3, 0.4) is 0 Å². The van der Waals surface area contributed by atoms with Crippen LogP contribution in [0, 0.1) is 5.92 Å². The highest BCUT2D eigenvalue weighted by atomic mass is 35.5. The number of carbonyl (C=O) groups is 1. The van der Waals surface area contributed by atoms with E-state index < -0.39 is 6.16 Å². The molecule has 1 aliphatic rings. The van der Waals surface area contributed by atoms with Crippen LogP contribution in [0.25, 0.3) is 0 Å². The third-order valence-corrected chi connectivity index (χ3v) is 2.68. The minimum atomic E-state index is -1.18. The SMILES string of the molecule is CC1CC(Cl)CCC1OC(=O)O. The summed E-state index contributed by atoms with van der Waals surface area (Å²) < 4.78 is 4.71. The van der Waals surface area contributed by atoms with E-state index in [0.29, 0.717) is 0 Å². The predicted octanol–water partition coefficient (Wildman–Crippen LogP) is 2.48. The Bertz CT molecular complexity index is 172. The molecule has 4 heteroatoms. The molecule has 0 heterocycles. The van der Waals surface area contributed by atoms with E-state index in [0.717, 1.165) is 19.3 Å². The van der Waals surface area contributed by atoms with Crippen molar-refractivity contribution in [3.63, 3.8) is 0 Å². The molecule has 3 atom stereocenters. The molecule has 1 N–H and O–H groups in total. The monoisotopic (exact) mass is 192 g/mol. The van der Waals surface area contributed by atoms with Gasteiger partial charge in [-0.05, 0) is 25.2 Å². The average molecular weight is 193 g/mol. The summed E-state index contributed by atoms with van der Waals surface area (Å²) in [4.78, 5) is 10.2. The van der Waals surface area contributed by atoms with Gasteiger partial charge in [0.15, 0.2) is 0 Å². The first-order valence-electron chi connectivity index (χ1n) is 4.13. The van der Waals surface area contributed by atoms with Crippen molar-refractivity contribution < 1.29 is 14.6 Å². The minimum Gasteiger partial charge on any atom is -0.450 e. The van der Waals surface area contributed by atoms with Crippen LogP contribution in [0.4, 0.5) is 4.79 Å². The molecule has 1 fully saturated rings. The average Bonchev–Trinajstić information content (AvgIpc) is 1.94. The fourth-order valence-electron chi connectivity index (χ4n) is 1.61. The Balaban J connectivity index is 2.39. The molecule has 0 aromatic carbocycles. The molecule has 0 bridgehead atoms. The fraction of sp³-hybridized carbons (Fsp3) is 0.875. The van der Waals surface area contributed by atoms with Gasteiger partial charge in [-0.2, -0.15) is 0 Å². The van der Waals surface area contributed by atoms with Gasteiger partial charge in [-0.25, -0.2) is 4.79 Å². The quantitative estimate of drug-likeness (QED) is 0.513. The molecular formula is C8H13ClO3. The summed E-state index contributed by atoms with van der Waals surface area (Å²) in [6.45, 7) is 1.97. The smallest absolute Gasteiger partial charge is 0.450 e. The molecule has 1 saturated carbocycles. The number of carboxylic acid groups (broad SMARTS) is 1. The van der Waals surface area contributed by atoms with Crippen LogP contribution in [0.2, 0.25) is 0 Å². The maximum absolute atomic E-state index is 10.2. The van der Waals surface area contributed by atoms with Gasteiger partial charge < -0.3 is 9.84 Å². The molecule has 3 nitrogen and oxygen atoms in total. The third-order valence-electron chi connectivity index (χ3n) is 2.28. The number of alkyl halides is 1. The second-order valence-corrected chi connectivity index (χ2v) is 3.93.